The van der Waals surface area contributed by atoms with E-state index in [9.17, 15) is 14.4 Å². The van der Waals surface area contributed by atoms with Gasteiger partial charge in [-0.1, -0.05) is 6.07 Å². The molecule has 1 amide bonds. The van der Waals surface area contributed by atoms with E-state index in [1.54, 1.807) is 6.92 Å². The number of nitrogens with one attached hydrogen (secondary N) is 1. The van der Waals surface area contributed by atoms with Crippen LogP contribution >= 0.6 is 11.8 Å². The molecule has 0 aliphatic carbocycles. The molecule has 2 unspecified atom stereocenters. The van der Waals surface area contributed by atoms with Crippen LogP contribution in [0.1, 0.15) is 17.4 Å². The summed E-state index contributed by atoms with van der Waals surface area (Å²) in [5.41, 5.74) is -0.268. The van der Waals surface area contributed by atoms with E-state index >= 15 is 0 Å². The third-order valence-electron chi connectivity index (χ3n) is 2.74. The minimum atomic E-state index is -1.03. The number of pyridine rings is 1. The first-order valence-electron chi connectivity index (χ1n) is 5.37. The fraction of sp³-hybridized carbons (Fsp3) is 0.364. The number of hydrogen-bond donors (Lipinski definition) is 2. The molecule has 2 heterocycles. The summed E-state index contributed by atoms with van der Waals surface area (Å²) >= 11 is 1.40. The number of nitrogens with zero attached hydrogens (tertiary/aromatic N) is 1. The number of thioether (sulfide) groups is 1. The van der Waals surface area contributed by atoms with Crippen molar-refractivity contribution in [3.8, 4) is 0 Å². The smallest absolute Gasteiger partial charge is 0.327 e. The van der Waals surface area contributed by atoms with Gasteiger partial charge in [-0.05, 0) is 13.0 Å². The Bertz CT molecular complexity index is 542. The Hall–Kier alpha value is -1.76. The van der Waals surface area contributed by atoms with Crippen LogP contribution in [0.5, 0.6) is 0 Å². The monoisotopic (exact) mass is 268 g/mol. The normalized spacial score (nSPS) is 23.1. The molecule has 0 radical (unpaired) electrons. The van der Waals surface area contributed by atoms with Gasteiger partial charge in [0.25, 0.3) is 5.91 Å². The Balaban J connectivity index is 2.32. The van der Waals surface area contributed by atoms with Crippen molar-refractivity contribution in [3.63, 3.8) is 0 Å². The molecule has 6 nitrogen and oxygen atoms in total. The van der Waals surface area contributed by atoms with Crippen molar-refractivity contribution in [2.45, 2.75) is 18.3 Å². The molecule has 1 aromatic heterocycles. The van der Waals surface area contributed by atoms with E-state index in [1.165, 1.54) is 34.9 Å². The van der Waals surface area contributed by atoms with Crippen molar-refractivity contribution in [2.75, 3.05) is 5.75 Å². The molecule has 2 rings (SSSR count). The molecule has 0 aromatic carbocycles. The predicted octanol–water partition coefficient (Wildman–Crippen LogP) is 0.363. The highest BCUT2D eigenvalue weighted by Gasteiger charge is 2.40. The molecule has 2 N–H and O–H groups in total. The molecule has 0 bridgehead atoms. The number of aromatic nitrogens is 1. The van der Waals surface area contributed by atoms with Crippen LogP contribution in [0.25, 0.3) is 0 Å². The second kappa shape index (κ2) is 4.85. The van der Waals surface area contributed by atoms with E-state index in [4.69, 9.17) is 5.11 Å². The van der Waals surface area contributed by atoms with E-state index in [2.05, 4.69) is 4.98 Å². The second-order valence-corrected chi connectivity index (χ2v) is 5.28. The van der Waals surface area contributed by atoms with E-state index in [1.807, 2.05) is 0 Å². The van der Waals surface area contributed by atoms with Gasteiger partial charge in [0.1, 0.15) is 11.7 Å². The number of carboxylic acid groups (broad SMARTS) is 1. The second-order valence-electron chi connectivity index (χ2n) is 3.93. The molecule has 1 fully saturated rings. The lowest BCUT2D eigenvalue weighted by Crippen LogP contribution is -2.45. The van der Waals surface area contributed by atoms with Crippen LogP contribution < -0.4 is 5.56 Å². The van der Waals surface area contributed by atoms with Gasteiger partial charge in [0.15, 0.2) is 0 Å². The van der Waals surface area contributed by atoms with Crippen LogP contribution in [-0.4, -0.2) is 44.0 Å². The molecule has 7 heteroatoms. The van der Waals surface area contributed by atoms with Crippen LogP contribution in [0.2, 0.25) is 0 Å². The molecule has 0 saturated carbocycles. The van der Waals surface area contributed by atoms with Crippen LogP contribution in [0.4, 0.5) is 0 Å². The summed E-state index contributed by atoms with van der Waals surface area (Å²) in [5, 5.41) is 8.85. The summed E-state index contributed by atoms with van der Waals surface area (Å²) < 4.78 is 0. The zero-order valence-corrected chi connectivity index (χ0v) is 10.4. The zero-order valence-electron chi connectivity index (χ0n) is 9.62. The standard InChI is InChI=1S/C11H12N2O4S/c1-6-13(8(5-18-6)11(16)17)10(15)7-3-2-4-9(14)12-7/h2-4,6,8H,5H2,1H3,(H,12,14)(H,16,17). The number of H-pyrrole nitrogens is 1. The summed E-state index contributed by atoms with van der Waals surface area (Å²) in [4.78, 5) is 38.1. The maximum atomic E-state index is 12.2. The van der Waals surface area contributed by atoms with Gasteiger partial charge in [0.2, 0.25) is 5.56 Å². The molecule has 0 spiro atoms. The summed E-state index contributed by atoms with van der Waals surface area (Å²) in [6.45, 7) is 1.77. The fourth-order valence-electron chi connectivity index (χ4n) is 1.85. The van der Waals surface area contributed by atoms with Gasteiger partial charge in [0, 0.05) is 11.8 Å². The van der Waals surface area contributed by atoms with Crippen molar-refractivity contribution in [2.24, 2.45) is 0 Å². The van der Waals surface area contributed by atoms with Crippen LogP contribution in [0, 0.1) is 0 Å². The molecular weight excluding hydrogens is 256 g/mol. The summed E-state index contributed by atoms with van der Waals surface area (Å²) in [6.07, 6.45) is 0. The van der Waals surface area contributed by atoms with Gasteiger partial charge in [-0.3, -0.25) is 9.59 Å². The van der Waals surface area contributed by atoms with Gasteiger partial charge in [-0.15, -0.1) is 11.8 Å². The number of amides is 1. The molecule has 2 atom stereocenters. The van der Waals surface area contributed by atoms with E-state index in [-0.39, 0.29) is 16.6 Å². The molecule has 1 saturated heterocycles. The van der Waals surface area contributed by atoms with Gasteiger partial charge >= 0.3 is 5.97 Å². The first kappa shape index (κ1) is 12.7. The molecule has 18 heavy (non-hydrogen) atoms. The number of hydrogen-bond acceptors (Lipinski definition) is 4. The Morgan fingerprint density at radius 3 is 2.83 bits per heavy atom. The van der Waals surface area contributed by atoms with Crippen molar-refractivity contribution >= 4 is 23.6 Å². The van der Waals surface area contributed by atoms with Crippen molar-refractivity contribution in [1.29, 1.82) is 0 Å². The van der Waals surface area contributed by atoms with Gasteiger partial charge in [-0.25, -0.2) is 4.79 Å². The Labute approximate surface area is 107 Å². The Morgan fingerprint density at radius 1 is 1.50 bits per heavy atom. The molecule has 1 aliphatic rings. The molecule has 1 aromatic rings. The highest BCUT2D eigenvalue weighted by atomic mass is 32.2. The zero-order chi connectivity index (χ0) is 13.3. The lowest BCUT2D eigenvalue weighted by atomic mass is 10.2. The maximum absolute atomic E-state index is 12.2. The summed E-state index contributed by atoms with van der Waals surface area (Å²) in [5.74, 6) is -1.13. The minimum Gasteiger partial charge on any atom is -0.480 e. The van der Waals surface area contributed by atoms with Crippen LogP contribution in [0.15, 0.2) is 23.0 Å². The number of carbonyl (C=O) groups is 2. The first-order chi connectivity index (χ1) is 8.50. The van der Waals surface area contributed by atoms with Crippen LogP contribution in [0.3, 0.4) is 0 Å². The van der Waals surface area contributed by atoms with E-state index in [0.717, 1.165) is 0 Å². The van der Waals surface area contributed by atoms with Gasteiger partial charge < -0.3 is 15.0 Å². The number of carboxylic acids is 1. The molecule has 1 aliphatic heterocycles. The minimum absolute atomic E-state index is 0.114. The first-order valence-corrected chi connectivity index (χ1v) is 6.42. The summed E-state index contributed by atoms with van der Waals surface area (Å²) in [7, 11) is 0. The third-order valence-corrected chi connectivity index (χ3v) is 3.96. The highest BCUT2D eigenvalue weighted by Crippen LogP contribution is 2.29. The number of aliphatic carboxylic acids is 1. The Kier molecular flexibility index (Phi) is 3.42. The van der Waals surface area contributed by atoms with Crippen molar-refractivity contribution in [3.05, 3.63) is 34.2 Å². The maximum Gasteiger partial charge on any atom is 0.327 e. The average Bonchev–Trinajstić information content (AvgIpc) is 2.70. The Morgan fingerprint density at radius 2 is 2.22 bits per heavy atom. The van der Waals surface area contributed by atoms with E-state index in [0.29, 0.717) is 5.75 Å². The number of aromatic amines is 1. The van der Waals surface area contributed by atoms with E-state index < -0.39 is 17.9 Å². The average molecular weight is 268 g/mol. The third kappa shape index (κ3) is 2.26. The largest absolute Gasteiger partial charge is 0.480 e. The number of rotatable bonds is 2. The predicted molar refractivity (Wildman–Crippen MR) is 66.6 cm³/mol. The fourth-order valence-corrected chi connectivity index (χ4v) is 3.02. The van der Waals surface area contributed by atoms with Gasteiger partial charge in [0.05, 0.1) is 5.37 Å². The van der Waals surface area contributed by atoms with Crippen LogP contribution in [-0.2, 0) is 4.79 Å². The highest BCUT2D eigenvalue weighted by molar-refractivity contribution is 8.00. The topological polar surface area (TPSA) is 90.5 Å². The lowest BCUT2D eigenvalue weighted by molar-refractivity contribution is -0.141. The quantitative estimate of drug-likeness (QED) is 0.808. The number of carbonyl (C=O) groups excluding carboxylic acids is 1. The molecule has 96 valence electrons. The van der Waals surface area contributed by atoms with Crippen molar-refractivity contribution in [1.82, 2.24) is 9.88 Å². The SMILES string of the molecule is CC1SCC(C(=O)O)N1C(=O)c1cccc(=O)[nH]1. The van der Waals surface area contributed by atoms with Crippen molar-refractivity contribution < 1.29 is 14.7 Å². The lowest BCUT2D eigenvalue weighted by Gasteiger charge is -2.24. The van der Waals surface area contributed by atoms with Gasteiger partial charge in [-0.2, -0.15) is 0 Å². The molecular formula is C11H12N2O4S. The summed E-state index contributed by atoms with van der Waals surface area (Å²) in [6, 6.07) is 3.39.